The van der Waals surface area contributed by atoms with Crippen molar-refractivity contribution in [3.05, 3.63) is 116 Å². The third-order valence-corrected chi connectivity index (χ3v) is 7.06. The van der Waals surface area contributed by atoms with E-state index < -0.39 is 40.8 Å². The summed E-state index contributed by atoms with van der Waals surface area (Å²) in [5.41, 5.74) is 0.597. The summed E-state index contributed by atoms with van der Waals surface area (Å²) < 4.78 is 37.8. The Morgan fingerprint density at radius 3 is 1.38 bits per heavy atom. The minimum Gasteiger partial charge on any atom is -0.450 e. The van der Waals surface area contributed by atoms with Crippen LogP contribution in [0.5, 0.6) is 23.0 Å². The molecule has 0 saturated carbocycles. The van der Waals surface area contributed by atoms with E-state index in [2.05, 4.69) is 0 Å². The van der Waals surface area contributed by atoms with Crippen molar-refractivity contribution in [2.45, 2.75) is 23.6 Å². The van der Waals surface area contributed by atoms with E-state index in [1.165, 1.54) is 12.1 Å². The number of ether oxygens (including phenoxy) is 2. The van der Waals surface area contributed by atoms with Gasteiger partial charge in [-0.3, -0.25) is 20.2 Å². The van der Waals surface area contributed by atoms with Crippen LogP contribution in [0.3, 0.4) is 0 Å². The number of benzene rings is 4. The average molecular weight is 521 g/mol. The number of rotatable bonds is 8. The molecule has 0 spiro atoms. The quantitative estimate of drug-likeness (QED) is 0.188. The predicted molar refractivity (Wildman–Crippen MR) is 134 cm³/mol. The Hall–Kier alpha value is -4.77. The molecule has 10 nitrogen and oxygen atoms in total. The molecule has 0 fully saturated rings. The smallest absolute Gasteiger partial charge is 0.312 e. The number of nitrogens with zero attached hydrogens (tertiary/aromatic N) is 2. The molecule has 0 radical (unpaired) electrons. The first-order valence-electron chi connectivity index (χ1n) is 10.9. The number of hydrogen-bond donors (Lipinski definition) is 0. The van der Waals surface area contributed by atoms with Gasteiger partial charge in [0.1, 0.15) is 11.5 Å². The van der Waals surface area contributed by atoms with E-state index in [0.717, 1.165) is 35.4 Å². The van der Waals surface area contributed by atoms with Crippen molar-refractivity contribution >= 4 is 21.2 Å². The second-order valence-corrected chi connectivity index (χ2v) is 10.1. The van der Waals surface area contributed by atoms with Gasteiger partial charge >= 0.3 is 11.4 Å². The summed E-state index contributed by atoms with van der Waals surface area (Å²) >= 11 is 0. The summed E-state index contributed by atoms with van der Waals surface area (Å²) in [6.45, 7) is 3.65. The zero-order valence-electron chi connectivity index (χ0n) is 19.7. The second-order valence-electron chi connectivity index (χ2n) is 8.11. The van der Waals surface area contributed by atoms with Crippen LogP contribution in [0.25, 0.3) is 0 Å². The Balaban J connectivity index is 1.71. The fraction of sp³-hybridized carbons (Fsp3) is 0.0769. The molecule has 0 aliphatic carbocycles. The third kappa shape index (κ3) is 5.57. The lowest BCUT2D eigenvalue weighted by Crippen LogP contribution is -2.05. The number of hydrogen-bond acceptors (Lipinski definition) is 8. The molecule has 0 atom stereocenters. The van der Waals surface area contributed by atoms with Crippen LogP contribution in [0, 0.1) is 34.1 Å². The molecule has 0 saturated heterocycles. The monoisotopic (exact) mass is 520 g/mol. The Kier molecular flexibility index (Phi) is 6.89. The molecule has 0 amide bonds. The van der Waals surface area contributed by atoms with Crippen LogP contribution < -0.4 is 9.47 Å². The number of nitro groups is 2. The molecule has 0 N–H and O–H groups in total. The van der Waals surface area contributed by atoms with Gasteiger partial charge in [0, 0.05) is 12.1 Å². The van der Waals surface area contributed by atoms with Crippen LogP contribution in [0.15, 0.2) is 94.7 Å². The molecule has 188 valence electrons. The van der Waals surface area contributed by atoms with E-state index in [9.17, 15) is 28.6 Å². The van der Waals surface area contributed by atoms with Crippen molar-refractivity contribution in [2.24, 2.45) is 0 Å². The molecule has 37 heavy (non-hydrogen) atoms. The van der Waals surface area contributed by atoms with Crippen molar-refractivity contribution in [2.75, 3.05) is 0 Å². The number of aryl methyl sites for hydroxylation is 2. The first kappa shape index (κ1) is 25.3. The standard InChI is InChI=1S/C26H20N2O8S/c1-17-5-3-7-19(13-17)35-25-11-9-21(15-23(25)27(29)30)37(33,34)22-10-12-26(24(16-22)28(31)32)36-20-8-4-6-18(2)14-20/h3-16H,1-2H3. The number of nitro benzene ring substituents is 2. The highest BCUT2D eigenvalue weighted by Gasteiger charge is 2.27. The fourth-order valence-corrected chi connectivity index (χ4v) is 4.83. The zero-order chi connectivity index (χ0) is 26.7. The van der Waals surface area contributed by atoms with Gasteiger partial charge in [-0.2, -0.15) is 0 Å². The van der Waals surface area contributed by atoms with Crippen molar-refractivity contribution in [1.29, 1.82) is 0 Å². The molecular formula is C26H20N2O8S. The van der Waals surface area contributed by atoms with Crippen LogP contribution >= 0.6 is 0 Å². The summed E-state index contributed by atoms with van der Waals surface area (Å²) in [6, 6.07) is 20.0. The van der Waals surface area contributed by atoms with Gasteiger partial charge in [-0.15, -0.1) is 0 Å². The van der Waals surface area contributed by atoms with Crippen LogP contribution in [-0.4, -0.2) is 18.3 Å². The molecular weight excluding hydrogens is 500 g/mol. The van der Waals surface area contributed by atoms with E-state index in [4.69, 9.17) is 9.47 Å². The van der Waals surface area contributed by atoms with Gasteiger partial charge in [0.25, 0.3) is 0 Å². The first-order chi connectivity index (χ1) is 17.5. The van der Waals surface area contributed by atoms with Crippen LogP contribution in [0.1, 0.15) is 11.1 Å². The summed E-state index contributed by atoms with van der Waals surface area (Å²) in [5.74, 6) is 0.391. The number of sulfone groups is 1. The van der Waals surface area contributed by atoms with Gasteiger partial charge in [-0.25, -0.2) is 8.42 Å². The van der Waals surface area contributed by atoms with E-state index in [0.29, 0.717) is 11.5 Å². The lowest BCUT2D eigenvalue weighted by atomic mass is 10.2. The Morgan fingerprint density at radius 2 is 1.03 bits per heavy atom. The second kappa shape index (κ2) is 10.1. The maximum Gasteiger partial charge on any atom is 0.312 e. The summed E-state index contributed by atoms with van der Waals surface area (Å²) in [7, 11) is -4.36. The van der Waals surface area contributed by atoms with Gasteiger partial charge in [-0.05, 0) is 73.5 Å². The minimum absolute atomic E-state index is 0.151. The molecule has 0 aliphatic heterocycles. The minimum atomic E-state index is -4.36. The highest BCUT2D eigenvalue weighted by molar-refractivity contribution is 7.91. The molecule has 4 rings (SSSR count). The van der Waals surface area contributed by atoms with Gasteiger partial charge < -0.3 is 9.47 Å². The van der Waals surface area contributed by atoms with Crippen molar-refractivity contribution < 1.29 is 27.7 Å². The largest absolute Gasteiger partial charge is 0.450 e. The Bertz CT molecular complexity index is 1520. The lowest BCUT2D eigenvalue weighted by Gasteiger charge is -2.11. The predicted octanol–water partition coefficient (Wildman–Crippen LogP) is 6.54. The topological polar surface area (TPSA) is 139 Å². The maximum absolute atomic E-state index is 13.3. The normalized spacial score (nSPS) is 11.1. The van der Waals surface area contributed by atoms with Gasteiger partial charge in [-0.1, -0.05) is 24.3 Å². The highest BCUT2D eigenvalue weighted by Crippen LogP contribution is 2.38. The Morgan fingerprint density at radius 1 is 0.622 bits per heavy atom. The molecule has 0 unspecified atom stereocenters. The molecule has 0 bridgehead atoms. The van der Waals surface area contributed by atoms with Crippen LogP contribution in [0.4, 0.5) is 11.4 Å². The molecule has 4 aromatic carbocycles. The van der Waals surface area contributed by atoms with Crippen molar-refractivity contribution in [1.82, 2.24) is 0 Å². The average Bonchev–Trinajstić information content (AvgIpc) is 2.84. The van der Waals surface area contributed by atoms with E-state index in [1.807, 2.05) is 26.0 Å². The summed E-state index contributed by atoms with van der Waals surface area (Å²) in [5, 5.41) is 23.4. The van der Waals surface area contributed by atoms with Crippen molar-refractivity contribution in [3.63, 3.8) is 0 Å². The first-order valence-corrected chi connectivity index (χ1v) is 12.3. The highest BCUT2D eigenvalue weighted by atomic mass is 32.2. The van der Waals surface area contributed by atoms with E-state index in [1.54, 1.807) is 36.4 Å². The van der Waals surface area contributed by atoms with Gasteiger partial charge in [0.15, 0.2) is 0 Å². The van der Waals surface area contributed by atoms with Crippen LogP contribution in [-0.2, 0) is 9.84 Å². The summed E-state index contributed by atoms with van der Waals surface area (Å²) in [4.78, 5) is 21.1. The van der Waals surface area contributed by atoms with E-state index >= 15 is 0 Å². The van der Waals surface area contributed by atoms with Crippen molar-refractivity contribution in [3.8, 4) is 23.0 Å². The maximum atomic E-state index is 13.3. The van der Waals surface area contributed by atoms with Gasteiger partial charge in [0.2, 0.25) is 21.3 Å². The molecule has 0 heterocycles. The van der Waals surface area contributed by atoms with E-state index in [-0.39, 0.29) is 11.5 Å². The SMILES string of the molecule is Cc1cccc(Oc2ccc(S(=O)(=O)c3ccc(Oc4cccc(C)c4)c([N+](=O)[O-])c3)cc2[N+](=O)[O-])c1. The lowest BCUT2D eigenvalue weighted by molar-refractivity contribution is -0.385. The van der Waals surface area contributed by atoms with Gasteiger partial charge in [0.05, 0.1) is 19.6 Å². The summed E-state index contributed by atoms with van der Waals surface area (Å²) in [6.07, 6.45) is 0. The molecule has 4 aromatic rings. The third-order valence-electron chi connectivity index (χ3n) is 5.31. The fourth-order valence-electron chi connectivity index (χ4n) is 3.53. The molecule has 0 aromatic heterocycles. The zero-order valence-corrected chi connectivity index (χ0v) is 20.5. The van der Waals surface area contributed by atoms with Crippen LogP contribution in [0.2, 0.25) is 0 Å². The molecule has 0 aliphatic rings. The Labute approximate surface area is 211 Å². The molecule has 11 heteroatoms.